The van der Waals surface area contributed by atoms with E-state index in [0.717, 1.165) is 37.5 Å². The standard InChI is InChI=1S/C28H16N5S.Ir/c1-2-8-18(9-3-1)33-26-21-16-25(34-28(21)31-15-14-29-27(31)22(26)17-30-33)32-23-12-6-4-10-19(23)20-11-5-7-13-24(20)32;/h1-16H;/q-1;. The van der Waals surface area contributed by atoms with Gasteiger partial charge in [0, 0.05) is 48.9 Å². The van der Waals surface area contributed by atoms with Crippen molar-refractivity contribution in [2.45, 2.75) is 0 Å². The second kappa shape index (κ2) is 7.62. The quantitative estimate of drug-likeness (QED) is 0.194. The van der Waals surface area contributed by atoms with E-state index in [1.807, 2.05) is 35.3 Å². The van der Waals surface area contributed by atoms with E-state index >= 15 is 0 Å². The van der Waals surface area contributed by atoms with Crippen molar-refractivity contribution >= 4 is 59.9 Å². The largest absolute Gasteiger partial charge is 0.345 e. The zero-order valence-electron chi connectivity index (χ0n) is 18.2. The van der Waals surface area contributed by atoms with Crippen LogP contribution in [0.5, 0.6) is 0 Å². The van der Waals surface area contributed by atoms with Crippen molar-refractivity contribution in [2.75, 3.05) is 0 Å². The van der Waals surface area contributed by atoms with E-state index in [1.165, 1.54) is 21.8 Å². The predicted molar refractivity (Wildman–Crippen MR) is 138 cm³/mol. The average Bonchev–Trinajstić information content (AvgIpc) is 3.66. The fourth-order valence-corrected chi connectivity index (χ4v) is 6.28. The van der Waals surface area contributed by atoms with Crippen molar-refractivity contribution < 1.29 is 20.1 Å². The Morgan fingerprint density at radius 3 is 2.20 bits per heavy atom. The molecule has 0 aliphatic heterocycles. The van der Waals surface area contributed by atoms with E-state index in [0.29, 0.717) is 0 Å². The average molecular weight is 647 g/mol. The molecule has 0 bridgehead atoms. The summed E-state index contributed by atoms with van der Waals surface area (Å²) in [4.78, 5) is 5.80. The molecule has 35 heavy (non-hydrogen) atoms. The van der Waals surface area contributed by atoms with Crippen molar-refractivity contribution in [2.24, 2.45) is 0 Å². The Bertz CT molecular complexity index is 1970. The van der Waals surface area contributed by atoms with Gasteiger partial charge in [-0.3, -0.25) is 9.78 Å². The van der Waals surface area contributed by atoms with Gasteiger partial charge in [-0.25, -0.2) is 0 Å². The number of thiophene rings is 1. The molecule has 0 unspecified atom stereocenters. The third kappa shape index (κ3) is 2.77. The third-order valence-corrected chi connectivity index (χ3v) is 7.67. The topological polar surface area (TPSA) is 40.1 Å². The first-order valence-electron chi connectivity index (χ1n) is 11.1. The molecule has 8 aromatic rings. The molecule has 5 aromatic heterocycles. The summed E-state index contributed by atoms with van der Waals surface area (Å²) in [6.45, 7) is 0. The summed E-state index contributed by atoms with van der Waals surface area (Å²) in [7, 11) is 0. The molecule has 0 atom stereocenters. The number of pyridine rings is 1. The fourth-order valence-electron chi connectivity index (χ4n) is 5.11. The van der Waals surface area contributed by atoms with Crippen molar-refractivity contribution in [3.05, 3.63) is 104 Å². The molecule has 5 heterocycles. The van der Waals surface area contributed by atoms with Crippen LogP contribution in [-0.2, 0) is 20.1 Å². The molecule has 0 amide bonds. The Morgan fingerprint density at radius 2 is 1.46 bits per heavy atom. The van der Waals surface area contributed by atoms with Crippen molar-refractivity contribution in [1.82, 2.24) is 23.7 Å². The van der Waals surface area contributed by atoms with Crippen LogP contribution in [0.3, 0.4) is 0 Å². The monoisotopic (exact) mass is 647 g/mol. The van der Waals surface area contributed by atoms with E-state index < -0.39 is 0 Å². The molecule has 0 saturated heterocycles. The van der Waals surface area contributed by atoms with E-state index in [4.69, 9.17) is 0 Å². The first kappa shape index (κ1) is 20.6. The second-order valence-electron chi connectivity index (χ2n) is 8.38. The Balaban J connectivity index is 0.00000210. The maximum atomic E-state index is 4.65. The number of aromatic nitrogens is 5. The van der Waals surface area contributed by atoms with Crippen molar-refractivity contribution in [3.8, 4) is 10.7 Å². The summed E-state index contributed by atoms with van der Waals surface area (Å²) in [5.74, 6) is 0. The van der Waals surface area contributed by atoms with E-state index in [-0.39, 0.29) is 20.1 Å². The molecular weight excluding hydrogens is 631 g/mol. The van der Waals surface area contributed by atoms with Crippen LogP contribution in [0.4, 0.5) is 0 Å². The Labute approximate surface area is 217 Å². The Hall–Kier alpha value is -3.77. The maximum absolute atomic E-state index is 4.65. The number of para-hydroxylation sites is 3. The van der Waals surface area contributed by atoms with Gasteiger partial charge in [0.25, 0.3) is 0 Å². The van der Waals surface area contributed by atoms with Gasteiger partial charge >= 0.3 is 0 Å². The minimum atomic E-state index is 0. The smallest absolute Gasteiger partial charge is 0.102 e. The number of nitrogens with zero attached hydrogens (tertiary/aromatic N) is 5. The predicted octanol–water partition coefficient (Wildman–Crippen LogP) is 6.78. The minimum Gasteiger partial charge on any atom is -0.345 e. The van der Waals surface area contributed by atoms with Gasteiger partial charge in [-0.05, 0) is 47.4 Å². The molecule has 0 spiro atoms. The van der Waals surface area contributed by atoms with Gasteiger partial charge < -0.3 is 14.0 Å². The number of hydrogen-bond donors (Lipinski definition) is 0. The third-order valence-electron chi connectivity index (χ3n) is 6.55. The number of imidazole rings is 1. The van der Waals surface area contributed by atoms with Gasteiger partial charge in [0.1, 0.15) is 5.00 Å². The van der Waals surface area contributed by atoms with Crippen LogP contribution in [0.15, 0.2) is 97.3 Å². The zero-order valence-corrected chi connectivity index (χ0v) is 21.4. The van der Waals surface area contributed by atoms with E-state index in [1.54, 1.807) is 11.3 Å². The van der Waals surface area contributed by atoms with Crippen LogP contribution in [0.25, 0.3) is 59.3 Å². The first-order valence-corrected chi connectivity index (χ1v) is 11.9. The van der Waals surface area contributed by atoms with Crippen LogP contribution in [-0.4, -0.2) is 23.7 Å². The van der Waals surface area contributed by atoms with Gasteiger partial charge in [0.15, 0.2) is 0 Å². The van der Waals surface area contributed by atoms with Gasteiger partial charge in [0.2, 0.25) is 0 Å². The summed E-state index contributed by atoms with van der Waals surface area (Å²) in [5.41, 5.74) is 5.33. The van der Waals surface area contributed by atoms with Gasteiger partial charge in [0.05, 0.1) is 21.6 Å². The Morgan fingerprint density at radius 1 is 0.771 bits per heavy atom. The summed E-state index contributed by atoms with van der Waals surface area (Å²) >= 11 is 1.77. The summed E-state index contributed by atoms with van der Waals surface area (Å²) < 4.78 is 6.51. The molecular formula is C28H16IrN5S-. The molecule has 5 nitrogen and oxygen atoms in total. The molecule has 3 aromatic carbocycles. The number of hydrogen-bond acceptors (Lipinski definition) is 3. The first-order chi connectivity index (χ1) is 16.9. The van der Waals surface area contributed by atoms with E-state index in [9.17, 15) is 0 Å². The number of benzene rings is 3. The number of fused-ring (bicyclic) bond motifs is 9. The van der Waals surface area contributed by atoms with Crippen LogP contribution >= 0.6 is 11.3 Å². The SMILES string of the molecule is [Ir].[c-]1nn(-c2ccccc2)c2c1c1nccn1c1sc(-n3c4ccccc4c4ccccc43)cc21. The normalized spacial score (nSPS) is 11.8. The molecule has 0 aliphatic rings. The Kier molecular flexibility index (Phi) is 4.48. The molecule has 0 aliphatic carbocycles. The second-order valence-corrected chi connectivity index (χ2v) is 9.39. The number of rotatable bonds is 2. The maximum Gasteiger partial charge on any atom is 0.102 e. The molecule has 0 saturated carbocycles. The molecule has 8 rings (SSSR count). The van der Waals surface area contributed by atoms with Gasteiger partial charge in [-0.1, -0.05) is 54.6 Å². The van der Waals surface area contributed by atoms with Gasteiger partial charge in [-0.2, -0.15) is 0 Å². The zero-order chi connectivity index (χ0) is 22.2. The summed E-state index contributed by atoms with van der Waals surface area (Å²) in [5, 5.41) is 10.4. The molecule has 7 heteroatoms. The van der Waals surface area contributed by atoms with Gasteiger partial charge in [-0.15, -0.1) is 16.7 Å². The molecule has 0 fully saturated rings. The molecule has 169 valence electrons. The summed E-state index contributed by atoms with van der Waals surface area (Å²) in [6.07, 6.45) is 7.11. The fraction of sp³-hybridized carbons (Fsp3) is 0. The van der Waals surface area contributed by atoms with Crippen molar-refractivity contribution in [3.63, 3.8) is 0 Å². The molecule has 0 N–H and O–H groups in total. The van der Waals surface area contributed by atoms with Crippen LogP contribution in [0, 0.1) is 6.20 Å². The summed E-state index contributed by atoms with van der Waals surface area (Å²) in [6, 6.07) is 29.7. The van der Waals surface area contributed by atoms with Crippen LogP contribution in [0.2, 0.25) is 0 Å². The minimum absolute atomic E-state index is 0. The molecule has 1 radical (unpaired) electrons. The van der Waals surface area contributed by atoms with Crippen LogP contribution < -0.4 is 0 Å². The van der Waals surface area contributed by atoms with E-state index in [2.05, 4.69) is 92.0 Å². The van der Waals surface area contributed by atoms with Crippen molar-refractivity contribution in [1.29, 1.82) is 0 Å². The van der Waals surface area contributed by atoms with Crippen LogP contribution in [0.1, 0.15) is 0 Å².